The molecule has 0 aromatic heterocycles. The van der Waals surface area contributed by atoms with Crippen molar-refractivity contribution in [3.05, 3.63) is 58.7 Å². The van der Waals surface area contributed by atoms with Crippen LogP contribution in [-0.2, 0) is 14.8 Å². The van der Waals surface area contributed by atoms with Crippen molar-refractivity contribution in [2.24, 2.45) is 0 Å². The van der Waals surface area contributed by atoms with E-state index in [9.17, 15) is 13.2 Å². The second kappa shape index (κ2) is 7.50. The van der Waals surface area contributed by atoms with Crippen molar-refractivity contribution in [2.75, 3.05) is 15.9 Å². The molecule has 0 unspecified atom stereocenters. The van der Waals surface area contributed by atoms with Gasteiger partial charge >= 0.3 is 0 Å². The van der Waals surface area contributed by atoms with E-state index in [0.29, 0.717) is 5.69 Å². The first-order chi connectivity index (χ1) is 12.0. The van der Waals surface area contributed by atoms with Crippen LogP contribution in [0.15, 0.2) is 36.4 Å². The molecule has 26 heavy (non-hydrogen) atoms. The average molecular weight is 375 g/mol. The largest absolute Gasteiger partial charge is 0.324 e. The summed E-state index contributed by atoms with van der Waals surface area (Å²) in [6.07, 6.45) is 1.12. The molecule has 2 aromatic carbocycles. The number of sulfonamides is 1. The van der Waals surface area contributed by atoms with Gasteiger partial charge in [-0.25, -0.2) is 8.42 Å². The number of hydrogen-bond donors (Lipinski definition) is 1. The Hall–Kier alpha value is -2.34. The number of rotatable bonds is 5. The van der Waals surface area contributed by atoms with Crippen LogP contribution in [0.1, 0.15) is 29.2 Å². The van der Waals surface area contributed by atoms with E-state index >= 15 is 0 Å². The highest BCUT2D eigenvalue weighted by molar-refractivity contribution is 7.92. The molecule has 0 bridgehead atoms. The van der Waals surface area contributed by atoms with Crippen LogP contribution in [-0.4, -0.2) is 26.6 Å². The first-order valence-corrected chi connectivity index (χ1v) is 10.3. The van der Waals surface area contributed by atoms with Crippen LogP contribution in [0, 0.1) is 27.7 Å². The number of nitrogens with one attached hydrogen (secondary N) is 1. The van der Waals surface area contributed by atoms with Gasteiger partial charge in [0.1, 0.15) is 6.04 Å². The Morgan fingerprint density at radius 2 is 1.50 bits per heavy atom. The number of nitrogens with zero attached hydrogens (tertiary/aromatic N) is 1. The predicted octanol–water partition coefficient (Wildman–Crippen LogP) is 3.71. The third kappa shape index (κ3) is 4.43. The Morgan fingerprint density at radius 1 is 1.00 bits per heavy atom. The summed E-state index contributed by atoms with van der Waals surface area (Å²) in [4.78, 5) is 12.8. The monoisotopic (exact) mass is 374 g/mol. The maximum absolute atomic E-state index is 12.8. The van der Waals surface area contributed by atoms with Crippen molar-refractivity contribution in [1.82, 2.24) is 0 Å². The molecule has 1 atom stereocenters. The molecule has 0 fully saturated rings. The second-order valence-corrected chi connectivity index (χ2v) is 8.70. The minimum Gasteiger partial charge on any atom is -0.324 e. The fourth-order valence-electron chi connectivity index (χ4n) is 3.13. The van der Waals surface area contributed by atoms with E-state index in [1.807, 2.05) is 52.0 Å². The Morgan fingerprint density at radius 3 is 1.96 bits per heavy atom. The van der Waals surface area contributed by atoms with E-state index in [-0.39, 0.29) is 5.91 Å². The molecule has 5 nitrogen and oxygen atoms in total. The molecule has 0 radical (unpaired) electrons. The minimum absolute atomic E-state index is 0.369. The fraction of sp³-hybridized carbons (Fsp3) is 0.350. The Kier molecular flexibility index (Phi) is 5.76. The summed E-state index contributed by atoms with van der Waals surface area (Å²) in [7, 11) is -3.64. The summed E-state index contributed by atoms with van der Waals surface area (Å²) in [6.45, 7) is 9.22. The highest BCUT2D eigenvalue weighted by Crippen LogP contribution is 2.25. The van der Waals surface area contributed by atoms with Crippen LogP contribution >= 0.6 is 0 Å². The summed E-state index contributed by atoms with van der Waals surface area (Å²) in [6, 6.07) is 10.4. The molecule has 0 aliphatic rings. The van der Waals surface area contributed by atoms with Crippen LogP contribution in [0.25, 0.3) is 0 Å². The smallest absolute Gasteiger partial charge is 0.248 e. The number of hydrogen-bond acceptors (Lipinski definition) is 3. The molecule has 6 heteroatoms. The van der Waals surface area contributed by atoms with Crippen molar-refractivity contribution in [3.8, 4) is 0 Å². The zero-order chi connectivity index (χ0) is 19.6. The van der Waals surface area contributed by atoms with Gasteiger partial charge in [0.15, 0.2) is 0 Å². The van der Waals surface area contributed by atoms with E-state index < -0.39 is 16.1 Å². The molecule has 1 amide bonds. The summed E-state index contributed by atoms with van der Waals surface area (Å²) >= 11 is 0. The standard InChI is InChI=1S/C20H26N2O3S/c1-13-10-14(2)12-18(11-13)22(26(6,24)25)17(5)20(23)21-19-15(3)8-7-9-16(19)4/h7-12,17H,1-6H3,(H,21,23)/t17-/m0/s1. The highest BCUT2D eigenvalue weighted by atomic mass is 32.2. The number of para-hydroxylation sites is 1. The molecular weight excluding hydrogens is 348 g/mol. The Balaban J connectivity index is 2.41. The first kappa shape index (κ1) is 20.0. The van der Waals surface area contributed by atoms with Crippen molar-refractivity contribution in [3.63, 3.8) is 0 Å². The molecule has 0 spiro atoms. The third-order valence-electron chi connectivity index (χ3n) is 4.28. The Labute approximate surface area is 156 Å². The third-order valence-corrected chi connectivity index (χ3v) is 5.52. The van der Waals surface area contributed by atoms with Crippen LogP contribution in [0.3, 0.4) is 0 Å². The summed E-state index contributed by atoms with van der Waals surface area (Å²) in [5.41, 5.74) is 4.96. The summed E-state index contributed by atoms with van der Waals surface area (Å²) < 4.78 is 26.0. The predicted molar refractivity (Wildman–Crippen MR) is 107 cm³/mol. The number of benzene rings is 2. The van der Waals surface area contributed by atoms with Gasteiger partial charge in [-0.2, -0.15) is 0 Å². The van der Waals surface area contributed by atoms with Crippen molar-refractivity contribution < 1.29 is 13.2 Å². The molecular formula is C20H26N2O3S. The quantitative estimate of drug-likeness (QED) is 0.867. The lowest BCUT2D eigenvalue weighted by Gasteiger charge is -2.29. The van der Waals surface area contributed by atoms with E-state index in [4.69, 9.17) is 0 Å². The minimum atomic E-state index is -3.64. The van der Waals surface area contributed by atoms with Crippen LogP contribution in [0.5, 0.6) is 0 Å². The van der Waals surface area contributed by atoms with Gasteiger partial charge < -0.3 is 5.32 Å². The van der Waals surface area contributed by atoms with Gasteiger partial charge in [-0.05, 0) is 69.0 Å². The molecule has 140 valence electrons. The van der Waals surface area contributed by atoms with Crippen molar-refractivity contribution >= 4 is 27.3 Å². The lowest BCUT2D eigenvalue weighted by atomic mass is 10.1. The van der Waals surface area contributed by atoms with Gasteiger partial charge in [-0.3, -0.25) is 9.10 Å². The number of carbonyl (C=O) groups excluding carboxylic acids is 1. The van der Waals surface area contributed by atoms with E-state index in [2.05, 4.69) is 5.32 Å². The molecule has 0 aliphatic carbocycles. The number of amides is 1. The maximum Gasteiger partial charge on any atom is 0.248 e. The van der Waals surface area contributed by atoms with Gasteiger partial charge in [-0.15, -0.1) is 0 Å². The van der Waals surface area contributed by atoms with Crippen molar-refractivity contribution in [1.29, 1.82) is 0 Å². The zero-order valence-electron chi connectivity index (χ0n) is 16.1. The maximum atomic E-state index is 12.8. The number of aryl methyl sites for hydroxylation is 4. The van der Waals surface area contributed by atoms with Crippen LogP contribution < -0.4 is 9.62 Å². The number of carbonyl (C=O) groups is 1. The summed E-state index contributed by atoms with van der Waals surface area (Å²) in [5.74, 6) is -0.369. The van der Waals surface area contributed by atoms with Gasteiger partial charge in [0.25, 0.3) is 0 Å². The number of anilines is 2. The Bertz CT molecular complexity index is 896. The second-order valence-electron chi connectivity index (χ2n) is 6.84. The van der Waals surface area contributed by atoms with E-state index in [1.54, 1.807) is 19.1 Å². The lowest BCUT2D eigenvalue weighted by molar-refractivity contribution is -0.116. The molecule has 1 N–H and O–H groups in total. The highest BCUT2D eigenvalue weighted by Gasteiger charge is 2.29. The normalized spacial score (nSPS) is 12.5. The van der Waals surface area contributed by atoms with Crippen molar-refractivity contribution in [2.45, 2.75) is 40.7 Å². The zero-order valence-corrected chi connectivity index (χ0v) is 16.9. The topological polar surface area (TPSA) is 66.5 Å². The SMILES string of the molecule is Cc1cc(C)cc(N([C@@H](C)C(=O)Nc2c(C)cccc2C)S(C)(=O)=O)c1. The molecule has 2 aromatic rings. The molecule has 0 saturated heterocycles. The summed E-state index contributed by atoms with van der Waals surface area (Å²) in [5, 5.41) is 2.88. The van der Waals surface area contributed by atoms with E-state index in [0.717, 1.165) is 34.2 Å². The molecule has 0 heterocycles. The van der Waals surface area contributed by atoms with Gasteiger partial charge in [0.05, 0.1) is 11.9 Å². The lowest BCUT2D eigenvalue weighted by Crippen LogP contribution is -2.45. The van der Waals surface area contributed by atoms with Crippen LogP contribution in [0.2, 0.25) is 0 Å². The molecule has 0 saturated carbocycles. The van der Waals surface area contributed by atoms with Crippen LogP contribution in [0.4, 0.5) is 11.4 Å². The molecule has 0 aliphatic heterocycles. The average Bonchev–Trinajstić information content (AvgIpc) is 2.48. The molecule has 2 rings (SSSR count). The van der Waals surface area contributed by atoms with Gasteiger partial charge in [0.2, 0.25) is 15.9 Å². The first-order valence-electron chi connectivity index (χ1n) is 8.45. The van der Waals surface area contributed by atoms with E-state index in [1.165, 1.54) is 4.31 Å². The van der Waals surface area contributed by atoms with Gasteiger partial charge in [-0.1, -0.05) is 24.3 Å². The fourth-order valence-corrected chi connectivity index (χ4v) is 4.28. The van der Waals surface area contributed by atoms with Gasteiger partial charge in [0, 0.05) is 5.69 Å².